The highest BCUT2D eigenvalue weighted by Crippen LogP contribution is 2.40. The Morgan fingerprint density at radius 3 is 2.44 bits per heavy atom. The first-order valence-electron chi connectivity index (χ1n) is 9.06. The van der Waals surface area contributed by atoms with Gasteiger partial charge in [-0.05, 0) is 49.3 Å². The molecule has 0 spiro atoms. The second kappa shape index (κ2) is 7.73. The van der Waals surface area contributed by atoms with Crippen molar-refractivity contribution in [2.75, 3.05) is 13.2 Å². The molecule has 1 saturated heterocycles. The number of halogens is 1. The number of nitrogens with zero attached hydrogens (tertiary/aromatic N) is 1. The fourth-order valence-electron chi connectivity index (χ4n) is 3.29. The summed E-state index contributed by atoms with van der Waals surface area (Å²) >= 11 is 0. The summed E-state index contributed by atoms with van der Waals surface area (Å²) in [5, 5.41) is 9.08. The normalized spacial score (nSPS) is 22.6. The molecule has 1 amide bonds. The van der Waals surface area contributed by atoms with E-state index >= 15 is 0 Å². The number of benzene rings is 1. The molecule has 25 heavy (non-hydrogen) atoms. The molecular formula is C20H30FNO3. The first kappa shape index (κ1) is 19.7. The maximum absolute atomic E-state index is 13.3. The Balaban J connectivity index is 2.24. The van der Waals surface area contributed by atoms with Crippen molar-refractivity contribution in [3.8, 4) is 0 Å². The van der Waals surface area contributed by atoms with Gasteiger partial charge in [-0.2, -0.15) is 0 Å². The summed E-state index contributed by atoms with van der Waals surface area (Å²) in [4.78, 5) is 14.5. The van der Waals surface area contributed by atoms with Gasteiger partial charge in [0.25, 0.3) is 0 Å². The van der Waals surface area contributed by atoms with Crippen molar-refractivity contribution < 1.29 is 19.0 Å². The molecule has 5 heteroatoms. The van der Waals surface area contributed by atoms with E-state index in [9.17, 15) is 9.18 Å². The van der Waals surface area contributed by atoms with Crippen molar-refractivity contribution in [1.82, 2.24) is 4.90 Å². The first-order valence-corrected chi connectivity index (χ1v) is 9.06. The molecule has 1 aliphatic heterocycles. The van der Waals surface area contributed by atoms with Crippen LogP contribution in [0.1, 0.15) is 58.9 Å². The Morgan fingerprint density at radius 2 is 1.92 bits per heavy atom. The zero-order chi connectivity index (χ0) is 18.7. The van der Waals surface area contributed by atoms with Gasteiger partial charge in [0.1, 0.15) is 11.4 Å². The third-order valence-electron chi connectivity index (χ3n) is 5.35. The maximum atomic E-state index is 13.3. The number of hydrogen-bond acceptors (Lipinski definition) is 3. The van der Waals surface area contributed by atoms with Crippen molar-refractivity contribution in [2.24, 2.45) is 5.41 Å². The molecule has 0 radical (unpaired) electrons. The molecule has 2 rings (SSSR count). The van der Waals surface area contributed by atoms with Crippen LogP contribution in [0.2, 0.25) is 0 Å². The topological polar surface area (TPSA) is 49.8 Å². The third kappa shape index (κ3) is 4.51. The number of rotatable bonds is 6. The zero-order valence-electron chi connectivity index (χ0n) is 15.7. The molecule has 0 saturated carbocycles. The minimum absolute atomic E-state index is 0.0359. The smallest absolute Gasteiger partial charge is 0.410 e. The third-order valence-corrected chi connectivity index (χ3v) is 5.35. The first-order chi connectivity index (χ1) is 11.7. The van der Waals surface area contributed by atoms with E-state index in [0.717, 1.165) is 12.0 Å². The van der Waals surface area contributed by atoms with Crippen LogP contribution in [0, 0.1) is 11.2 Å². The summed E-state index contributed by atoms with van der Waals surface area (Å²) in [6, 6.07) is 6.26. The van der Waals surface area contributed by atoms with Crippen LogP contribution >= 0.6 is 0 Å². The largest absolute Gasteiger partial charge is 0.438 e. The molecule has 0 bridgehead atoms. The van der Waals surface area contributed by atoms with Crippen molar-refractivity contribution in [1.29, 1.82) is 0 Å². The summed E-state index contributed by atoms with van der Waals surface area (Å²) in [6.07, 6.45) is 2.37. The van der Waals surface area contributed by atoms with Gasteiger partial charge in [0.15, 0.2) is 0 Å². The number of aliphatic hydroxyl groups is 1. The van der Waals surface area contributed by atoms with Gasteiger partial charge in [0, 0.05) is 25.6 Å². The molecule has 0 unspecified atom stereocenters. The molecule has 4 nitrogen and oxygen atoms in total. The second-order valence-corrected chi connectivity index (χ2v) is 8.04. The number of carbonyl (C=O) groups is 1. The van der Waals surface area contributed by atoms with Crippen LogP contribution in [-0.4, -0.2) is 35.3 Å². The molecule has 1 N–H and O–H groups in total. The molecule has 0 aliphatic carbocycles. The van der Waals surface area contributed by atoms with Crippen molar-refractivity contribution >= 4 is 6.09 Å². The predicted molar refractivity (Wildman–Crippen MR) is 95.7 cm³/mol. The van der Waals surface area contributed by atoms with Crippen molar-refractivity contribution in [3.05, 3.63) is 35.6 Å². The van der Waals surface area contributed by atoms with E-state index in [1.165, 1.54) is 12.1 Å². The van der Waals surface area contributed by atoms with E-state index < -0.39 is 5.60 Å². The predicted octanol–water partition coefficient (Wildman–Crippen LogP) is 4.46. The molecule has 1 aromatic rings. The van der Waals surface area contributed by atoms with Crippen LogP contribution in [0.5, 0.6) is 0 Å². The van der Waals surface area contributed by atoms with Gasteiger partial charge >= 0.3 is 6.09 Å². The number of ether oxygens (including phenoxy) is 1. The summed E-state index contributed by atoms with van der Waals surface area (Å²) in [6.45, 7) is 9.07. The van der Waals surface area contributed by atoms with Crippen LogP contribution in [0.4, 0.5) is 9.18 Å². The fraction of sp³-hybridized carbons (Fsp3) is 0.650. The second-order valence-electron chi connectivity index (χ2n) is 8.04. The fourth-order valence-corrected chi connectivity index (χ4v) is 3.29. The summed E-state index contributed by atoms with van der Waals surface area (Å²) < 4.78 is 19.3. The molecule has 1 heterocycles. The molecule has 0 aromatic heterocycles. The number of cyclic esters (lactones) is 1. The summed E-state index contributed by atoms with van der Waals surface area (Å²) in [5.74, 6) is -0.306. The standard InChI is InChI=1S/C20H30FNO3/c1-15(19(2,3)4)22-13-12-20(25-18(22)24,11-5-6-14-23)16-7-9-17(21)10-8-16/h7-10,15,23H,5-6,11-14H2,1-4H3/t15-,20+/m0/s1. The van der Waals surface area contributed by atoms with Crippen LogP contribution < -0.4 is 0 Å². The quantitative estimate of drug-likeness (QED) is 0.770. The Kier molecular flexibility index (Phi) is 6.09. The lowest BCUT2D eigenvalue weighted by molar-refractivity contribution is -0.0751. The van der Waals surface area contributed by atoms with Crippen LogP contribution in [0.25, 0.3) is 0 Å². The van der Waals surface area contributed by atoms with Gasteiger partial charge in [-0.25, -0.2) is 9.18 Å². The van der Waals surface area contributed by atoms with Crippen LogP contribution in [0.3, 0.4) is 0 Å². The SMILES string of the molecule is C[C@H](N1CC[C@](CCCCO)(c2ccc(F)cc2)OC1=O)C(C)(C)C. The Bertz CT molecular complexity index is 582. The van der Waals surface area contributed by atoms with Gasteiger partial charge in [-0.15, -0.1) is 0 Å². The van der Waals surface area contributed by atoms with Crippen LogP contribution in [-0.2, 0) is 10.3 Å². The Morgan fingerprint density at radius 1 is 1.28 bits per heavy atom. The van der Waals surface area contributed by atoms with Gasteiger partial charge < -0.3 is 14.7 Å². The number of amides is 1. The van der Waals surface area contributed by atoms with E-state index in [0.29, 0.717) is 25.8 Å². The van der Waals surface area contributed by atoms with Crippen molar-refractivity contribution in [2.45, 2.75) is 65.0 Å². The number of hydrogen-bond donors (Lipinski definition) is 1. The number of aliphatic hydroxyl groups excluding tert-OH is 1. The highest BCUT2D eigenvalue weighted by Gasteiger charge is 2.44. The van der Waals surface area contributed by atoms with E-state index in [2.05, 4.69) is 20.8 Å². The van der Waals surface area contributed by atoms with E-state index in [1.807, 2.05) is 6.92 Å². The molecule has 2 atom stereocenters. The van der Waals surface area contributed by atoms with Gasteiger partial charge in [-0.1, -0.05) is 32.9 Å². The molecule has 1 fully saturated rings. The van der Waals surface area contributed by atoms with E-state index in [1.54, 1.807) is 17.0 Å². The highest BCUT2D eigenvalue weighted by atomic mass is 19.1. The lowest BCUT2D eigenvalue weighted by Crippen LogP contribution is -2.54. The summed E-state index contributed by atoms with van der Waals surface area (Å²) in [7, 11) is 0. The van der Waals surface area contributed by atoms with Gasteiger partial charge in [0.05, 0.1) is 0 Å². The Labute approximate surface area is 150 Å². The number of carbonyl (C=O) groups excluding carboxylic acids is 1. The van der Waals surface area contributed by atoms with Gasteiger partial charge in [-0.3, -0.25) is 0 Å². The molecule has 1 aliphatic rings. The van der Waals surface area contributed by atoms with Crippen molar-refractivity contribution in [3.63, 3.8) is 0 Å². The summed E-state index contributed by atoms with van der Waals surface area (Å²) in [5.41, 5.74) is 0.0445. The average Bonchev–Trinajstić information content (AvgIpc) is 2.54. The maximum Gasteiger partial charge on any atom is 0.410 e. The molecule has 140 valence electrons. The van der Waals surface area contributed by atoms with E-state index in [4.69, 9.17) is 9.84 Å². The van der Waals surface area contributed by atoms with Crippen LogP contribution in [0.15, 0.2) is 24.3 Å². The zero-order valence-corrected chi connectivity index (χ0v) is 15.7. The molecular weight excluding hydrogens is 321 g/mol. The van der Waals surface area contributed by atoms with Gasteiger partial charge in [0.2, 0.25) is 0 Å². The average molecular weight is 351 g/mol. The molecule has 1 aromatic carbocycles. The minimum Gasteiger partial charge on any atom is -0.438 e. The lowest BCUT2D eigenvalue weighted by Gasteiger charge is -2.46. The lowest BCUT2D eigenvalue weighted by atomic mass is 9.82. The van der Waals surface area contributed by atoms with E-state index in [-0.39, 0.29) is 30.0 Å². The Hall–Kier alpha value is -1.62. The minimum atomic E-state index is -0.742. The number of unbranched alkanes of at least 4 members (excludes halogenated alkanes) is 1. The highest BCUT2D eigenvalue weighted by molar-refractivity contribution is 5.70. The monoisotopic (exact) mass is 351 g/mol.